The zero-order chi connectivity index (χ0) is 16.2. The highest BCUT2D eigenvalue weighted by molar-refractivity contribution is 6.33. The molecule has 0 spiro atoms. The van der Waals surface area contributed by atoms with Crippen molar-refractivity contribution < 1.29 is 13.7 Å². The molecule has 5 nitrogen and oxygen atoms in total. The Kier molecular flexibility index (Phi) is 4.43. The van der Waals surface area contributed by atoms with Crippen LogP contribution in [0.3, 0.4) is 0 Å². The van der Waals surface area contributed by atoms with Gasteiger partial charge in [-0.1, -0.05) is 16.8 Å². The first-order valence-electron chi connectivity index (χ1n) is 6.81. The van der Waals surface area contributed by atoms with Gasteiger partial charge in [0.2, 0.25) is 11.7 Å². The Bertz CT molecular complexity index is 805. The first-order chi connectivity index (χ1) is 11.2. The molecule has 2 aromatic carbocycles. The highest BCUT2D eigenvalue weighted by Gasteiger charge is 2.09. The summed E-state index contributed by atoms with van der Waals surface area (Å²) in [6, 6.07) is 11.4. The monoisotopic (exact) mass is 333 g/mol. The van der Waals surface area contributed by atoms with E-state index in [4.69, 9.17) is 20.9 Å². The normalized spacial score (nSPS) is 10.6. The molecule has 3 rings (SSSR count). The van der Waals surface area contributed by atoms with Crippen molar-refractivity contribution in [3.63, 3.8) is 0 Å². The largest absolute Gasteiger partial charge is 0.497 e. The van der Waals surface area contributed by atoms with E-state index in [0.29, 0.717) is 22.4 Å². The van der Waals surface area contributed by atoms with Crippen molar-refractivity contribution in [2.24, 2.45) is 0 Å². The molecule has 1 aromatic heterocycles. The number of nitrogens with one attached hydrogen (secondary N) is 1. The van der Waals surface area contributed by atoms with Crippen LogP contribution < -0.4 is 10.1 Å². The van der Waals surface area contributed by atoms with E-state index < -0.39 is 0 Å². The van der Waals surface area contributed by atoms with Crippen LogP contribution in [0.25, 0.3) is 11.4 Å². The van der Waals surface area contributed by atoms with Gasteiger partial charge in [0.05, 0.1) is 24.4 Å². The van der Waals surface area contributed by atoms with Crippen LogP contribution in [-0.2, 0) is 6.54 Å². The van der Waals surface area contributed by atoms with Gasteiger partial charge in [-0.05, 0) is 42.5 Å². The molecule has 0 saturated carbocycles. The number of halogens is 2. The van der Waals surface area contributed by atoms with E-state index in [1.54, 1.807) is 13.2 Å². The summed E-state index contributed by atoms with van der Waals surface area (Å²) in [6.07, 6.45) is 0. The van der Waals surface area contributed by atoms with Gasteiger partial charge < -0.3 is 14.6 Å². The third-order valence-corrected chi connectivity index (χ3v) is 3.49. The van der Waals surface area contributed by atoms with Gasteiger partial charge in [0.1, 0.15) is 11.6 Å². The minimum atomic E-state index is -0.389. The summed E-state index contributed by atoms with van der Waals surface area (Å²) in [7, 11) is 1.60. The maximum Gasteiger partial charge on any atom is 0.246 e. The Labute approximate surface area is 137 Å². The number of aromatic nitrogens is 2. The van der Waals surface area contributed by atoms with Crippen LogP contribution in [-0.4, -0.2) is 17.3 Å². The van der Waals surface area contributed by atoms with Crippen LogP contribution in [0.5, 0.6) is 5.75 Å². The second-order valence-electron chi connectivity index (χ2n) is 4.72. The quantitative estimate of drug-likeness (QED) is 0.760. The molecule has 0 aliphatic heterocycles. The fraction of sp³-hybridized carbons (Fsp3) is 0.125. The average molecular weight is 334 g/mol. The molecule has 0 amide bonds. The average Bonchev–Trinajstić information content (AvgIpc) is 3.03. The SMILES string of the molecule is COc1ccc(-c2noc(CNc3ccc(F)cc3Cl)n2)cc1. The van der Waals surface area contributed by atoms with E-state index >= 15 is 0 Å². The molecule has 1 N–H and O–H groups in total. The van der Waals surface area contributed by atoms with Crippen molar-refractivity contribution in [1.82, 2.24) is 10.1 Å². The highest BCUT2D eigenvalue weighted by Crippen LogP contribution is 2.23. The Morgan fingerprint density at radius 3 is 2.70 bits per heavy atom. The summed E-state index contributed by atoms with van der Waals surface area (Å²) in [5, 5.41) is 7.25. The first-order valence-corrected chi connectivity index (χ1v) is 7.19. The highest BCUT2D eigenvalue weighted by atomic mass is 35.5. The fourth-order valence-corrected chi connectivity index (χ4v) is 2.22. The summed E-state index contributed by atoms with van der Waals surface area (Å²) < 4.78 is 23.3. The molecule has 1 heterocycles. The molecule has 0 unspecified atom stereocenters. The lowest BCUT2D eigenvalue weighted by Crippen LogP contribution is -2.00. The third kappa shape index (κ3) is 3.60. The fourth-order valence-electron chi connectivity index (χ4n) is 1.99. The van der Waals surface area contributed by atoms with Crippen LogP contribution in [0.2, 0.25) is 5.02 Å². The molecule has 0 fully saturated rings. The maximum atomic E-state index is 13.0. The molecule has 0 radical (unpaired) electrons. The van der Waals surface area contributed by atoms with Crippen LogP contribution in [0.15, 0.2) is 47.0 Å². The van der Waals surface area contributed by atoms with Gasteiger partial charge in [0.25, 0.3) is 0 Å². The van der Waals surface area contributed by atoms with E-state index in [9.17, 15) is 4.39 Å². The van der Waals surface area contributed by atoms with Crippen LogP contribution in [0.4, 0.5) is 10.1 Å². The maximum absolute atomic E-state index is 13.0. The zero-order valence-electron chi connectivity index (χ0n) is 12.2. The van der Waals surface area contributed by atoms with E-state index in [2.05, 4.69) is 15.5 Å². The summed E-state index contributed by atoms with van der Waals surface area (Å²) in [5.74, 6) is 1.25. The lowest BCUT2D eigenvalue weighted by molar-refractivity contribution is 0.384. The van der Waals surface area contributed by atoms with Gasteiger partial charge in [-0.25, -0.2) is 4.39 Å². The molecule has 3 aromatic rings. The standard InChI is InChI=1S/C16H13ClFN3O2/c1-22-12-5-2-10(3-6-12)16-20-15(23-21-16)9-19-14-7-4-11(18)8-13(14)17/h2-8,19H,9H2,1H3. The van der Waals surface area contributed by atoms with Gasteiger partial charge in [-0.15, -0.1) is 0 Å². The smallest absolute Gasteiger partial charge is 0.246 e. The van der Waals surface area contributed by atoms with Crippen LogP contribution in [0, 0.1) is 5.82 Å². The Hall–Kier alpha value is -2.60. The minimum Gasteiger partial charge on any atom is -0.497 e. The molecule has 23 heavy (non-hydrogen) atoms. The molecule has 0 atom stereocenters. The Balaban J connectivity index is 1.69. The number of ether oxygens (including phenoxy) is 1. The van der Waals surface area contributed by atoms with Gasteiger partial charge in [-0.2, -0.15) is 4.98 Å². The van der Waals surface area contributed by atoms with E-state index in [0.717, 1.165) is 11.3 Å². The molecule has 0 bridgehead atoms. The summed E-state index contributed by atoms with van der Waals surface area (Å²) in [6.45, 7) is 0.286. The second-order valence-corrected chi connectivity index (χ2v) is 5.13. The molecular formula is C16H13ClFN3O2. The third-order valence-electron chi connectivity index (χ3n) is 3.18. The number of methoxy groups -OCH3 is 1. The van der Waals surface area contributed by atoms with Crippen molar-refractivity contribution in [2.75, 3.05) is 12.4 Å². The van der Waals surface area contributed by atoms with Gasteiger partial charge >= 0.3 is 0 Å². The van der Waals surface area contributed by atoms with Crippen molar-refractivity contribution in [1.29, 1.82) is 0 Å². The molecule has 118 valence electrons. The predicted octanol–water partition coefficient (Wildman–Crippen LogP) is 4.15. The molecule has 7 heteroatoms. The predicted molar refractivity (Wildman–Crippen MR) is 85.0 cm³/mol. The number of nitrogens with zero attached hydrogens (tertiary/aromatic N) is 2. The minimum absolute atomic E-state index is 0.286. The van der Waals surface area contributed by atoms with Crippen molar-refractivity contribution in [2.45, 2.75) is 6.54 Å². The molecule has 0 saturated heterocycles. The van der Waals surface area contributed by atoms with Crippen molar-refractivity contribution in [3.05, 3.63) is 59.2 Å². The molecule has 0 aliphatic rings. The summed E-state index contributed by atoms with van der Waals surface area (Å²) >= 11 is 5.94. The molecule has 0 aliphatic carbocycles. The topological polar surface area (TPSA) is 60.2 Å². The van der Waals surface area contributed by atoms with Gasteiger partial charge in [0.15, 0.2) is 0 Å². The Morgan fingerprint density at radius 1 is 1.22 bits per heavy atom. The lowest BCUT2D eigenvalue weighted by atomic mass is 10.2. The van der Waals surface area contributed by atoms with Crippen LogP contribution in [0.1, 0.15) is 5.89 Å². The second kappa shape index (κ2) is 6.66. The van der Waals surface area contributed by atoms with E-state index in [1.165, 1.54) is 12.1 Å². The van der Waals surface area contributed by atoms with E-state index in [-0.39, 0.29) is 12.4 Å². The zero-order valence-corrected chi connectivity index (χ0v) is 13.0. The van der Waals surface area contributed by atoms with Gasteiger partial charge in [-0.3, -0.25) is 0 Å². The van der Waals surface area contributed by atoms with Crippen molar-refractivity contribution in [3.8, 4) is 17.1 Å². The number of anilines is 1. The number of hydrogen-bond donors (Lipinski definition) is 1. The molecular weight excluding hydrogens is 321 g/mol. The first kappa shape index (κ1) is 15.3. The number of benzene rings is 2. The summed E-state index contributed by atoms with van der Waals surface area (Å²) in [5.41, 5.74) is 1.41. The number of hydrogen-bond acceptors (Lipinski definition) is 5. The summed E-state index contributed by atoms with van der Waals surface area (Å²) in [4.78, 5) is 4.30. The van der Waals surface area contributed by atoms with Crippen molar-refractivity contribution >= 4 is 17.3 Å². The Morgan fingerprint density at radius 2 is 2.00 bits per heavy atom. The van der Waals surface area contributed by atoms with E-state index in [1.807, 2.05) is 24.3 Å². The number of rotatable bonds is 5. The van der Waals surface area contributed by atoms with Gasteiger partial charge in [0, 0.05) is 5.56 Å². The lowest BCUT2D eigenvalue weighted by Gasteiger charge is -2.05. The van der Waals surface area contributed by atoms with Crippen LogP contribution >= 0.6 is 11.6 Å².